The third-order valence-electron chi connectivity index (χ3n) is 2.28. The van der Waals surface area contributed by atoms with Crippen molar-refractivity contribution in [2.24, 2.45) is 5.73 Å². The second-order valence-corrected chi connectivity index (χ2v) is 5.23. The van der Waals surface area contributed by atoms with Crippen LogP contribution in [0.15, 0.2) is 27.1 Å². The van der Waals surface area contributed by atoms with Crippen LogP contribution in [0.5, 0.6) is 0 Å². The molecule has 0 aliphatic rings. The Bertz CT molecular complexity index is 398. The molecule has 0 radical (unpaired) electrons. The molecule has 1 rings (SSSR count). The number of benzene rings is 1. The number of terminal acetylenes is 1. The van der Waals surface area contributed by atoms with Crippen molar-refractivity contribution in [1.29, 1.82) is 0 Å². The Balaban J connectivity index is 2.87. The van der Waals surface area contributed by atoms with E-state index in [9.17, 15) is 0 Å². The van der Waals surface area contributed by atoms with Crippen molar-refractivity contribution in [2.45, 2.75) is 19.0 Å². The van der Waals surface area contributed by atoms with Crippen molar-refractivity contribution in [3.8, 4) is 12.3 Å². The lowest BCUT2D eigenvalue weighted by Crippen LogP contribution is -2.34. The Morgan fingerprint density at radius 3 is 2.62 bits per heavy atom. The second kappa shape index (κ2) is 6.41. The lowest BCUT2D eigenvalue weighted by atomic mass is 10.1. The summed E-state index contributed by atoms with van der Waals surface area (Å²) in [4.78, 5) is 0. The number of rotatable bonds is 4. The van der Waals surface area contributed by atoms with E-state index in [1.807, 2.05) is 25.1 Å². The molecule has 1 aromatic rings. The fourth-order valence-electron chi connectivity index (χ4n) is 1.38. The van der Waals surface area contributed by atoms with Crippen LogP contribution in [0, 0.1) is 12.3 Å². The van der Waals surface area contributed by atoms with Crippen LogP contribution in [0.2, 0.25) is 0 Å². The zero-order chi connectivity index (χ0) is 12.1. The summed E-state index contributed by atoms with van der Waals surface area (Å²) in [5, 5.41) is 3.28. The maximum atomic E-state index is 5.74. The highest BCUT2D eigenvalue weighted by atomic mass is 79.9. The van der Waals surface area contributed by atoms with Crippen molar-refractivity contribution >= 4 is 31.9 Å². The van der Waals surface area contributed by atoms with E-state index < -0.39 is 0 Å². The van der Waals surface area contributed by atoms with E-state index in [0.717, 1.165) is 14.5 Å². The summed E-state index contributed by atoms with van der Waals surface area (Å²) in [5.74, 6) is 2.64. The molecule has 0 amide bonds. The highest BCUT2D eigenvalue weighted by molar-refractivity contribution is 9.13. The van der Waals surface area contributed by atoms with Crippen molar-refractivity contribution in [3.05, 3.63) is 32.7 Å². The summed E-state index contributed by atoms with van der Waals surface area (Å²) < 4.78 is 2.04. The quantitative estimate of drug-likeness (QED) is 0.823. The summed E-state index contributed by atoms with van der Waals surface area (Å²) >= 11 is 6.91. The van der Waals surface area contributed by atoms with Gasteiger partial charge in [0.05, 0.1) is 6.04 Å². The standard InChI is InChI=1S/C12H14Br2N2/c1-3-8(2)16-12(7-15)9-4-5-10(13)11(14)6-9/h1,4-6,8,12,16H,7,15H2,2H3. The van der Waals surface area contributed by atoms with Gasteiger partial charge in [-0.2, -0.15) is 0 Å². The highest BCUT2D eigenvalue weighted by Gasteiger charge is 2.12. The van der Waals surface area contributed by atoms with Crippen molar-refractivity contribution in [3.63, 3.8) is 0 Å². The van der Waals surface area contributed by atoms with Gasteiger partial charge in [0.15, 0.2) is 0 Å². The first kappa shape index (κ1) is 13.7. The maximum Gasteiger partial charge on any atom is 0.0663 e. The molecule has 16 heavy (non-hydrogen) atoms. The first-order chi connectivity index (χ1) is 7.58. The van der Waals surface area contributed by atoms with Crippen LogP contribution in [0.3, 0.4) is 0 Å². The van der Waals surface area contributed by atoms with Gasteiger partial charge in [-0.05, 0) is 56.5 Å². The fourth-order valence-corrected chi connectivity index (χ4v) is 2.02. The average molecular weight is 346 g/mol. The Hall–Kier alpha value is -0.340. The van der Waals surface area contributed by atoms with Gasteiger partial charge in [0.2, 0.25) is 0 Å². The first-order valence-corrected chi connectivity index (χ1v) is 6.54. The van der Waals surface area contributed by atoms with Gasteiger partial charge in [0, 0.05) is 21.5 Å². The molecule has 2 unspecified atom stereocenters. The second-order valence-electron chi connectivity index (χ2n) is 3.52. The first-order valence-electron chi connectivity index (χ1n) is 4.95. The lowest BCUT2D eigenvalue weighted by Gasteiger charge is -2.20. The monoisotopic (exact) mass is 344 g/mol. The summed E-state index contributed by atoms with van der Waals surface area (Å²) in [6.07, 6.45) is 5.34. The molecular formula is C12H14Br2N2. The molecular weight excluding hydrogens is 332 g/mol. The normalized spacial score (nSPS) is 14.2. The minimum atomic E-state index is 0.0102. The molecule has 0 aliphatic heterocycles. The summed E-state index contributed by atoms with van der Waals surface area (Å²) in [7, 11) is 0. The largest absolute Gasteiger partial charge is 0.329 e. The van der Waals surface area contributed by atoms with Gasteiger partial charge in [-0.3, -0.25) is 5.32 Å². The van der Waals surface area contributed by atoms with Gasteiger partial charge in [-0.15, -0.1) is 6.42 Å². The predicted molar refractivity (Wildman–Crippen MR) is 75.1 cm³/mol. The zero-order valence-electron chi connectivity index (χ0n) is 9.00. The molecule has 86 valence electrons. The fraction of sp³-hybridized carbons (Fsp3) is 0.333. The topological polar surface area (TPSA) is 38.0 Å². The van der Waals surface area contributed by atoms with Crippen molar-refractivity contribution < 1.29 is 0 Å². The minimum absolute atomic E-state index is 0.0102. The van der Waals surface area contributed by atoms with Crippen LogP contribution < -0.4 is 11.1 Å². The molecule has 0 spiro atoms. The van der Waals surface area contributed by atoms with E-state index in [-0.39, 0.29) is 12.1 Å². The Morgan fingerprint density at radius 2 is 2.12 bits per heavy atom. The number of hydrogen-bond donors (Lipinski definition) is 2. The van der Waals surface area contributed by atoms with Gasteiger partial charge in [0.25, 0.3) is 0 Å². The number of hydrogen-bond acceptors (Lipinski definition) is 2. The lowest BCUT2D eigenvalue weighted by molar-refractivity contribution is 0.518. The molecule has 3 N–H and O–H groups in total. The maximum absolute atomic E-state index is 5.74. The molecule has 2 nitrogen and oxygen atoms in total. The third kappa shape index (κ3) is 3.60. The van der Waals surface area contributed by atoms with E-state index >= 15 is 0 Å². The van der Waals surface area contributed by atoms with E-state index in [4.69, 9.17) is 12.2 Å². The van der Waals surface area contributed by atoms with Crippen molar-refractivity contribution in [1.82, 2.24) is 5.32 Å². The smallest absolute Gasteiger partial charge is 0.0663 e. The van der Waals surface area contributed by atoms with Gasteiger partial charge < -0.3 is 5.73 Å². The Labute approximate surface area is 113 Å². The van der Waals surface area contributed by atoms with Crippen molar-refractivity contribution in [2.75, 3.05) is 6.54 Å². The van der Waals surface area contributed by atoms with Crippen LogP contribution in [0.1, 0.15) is 18.5 Å². The molecule has 0 heterocycles. The zero-order valence-corrected chi connectivity index (χ0v) is 12.2. The number of nitrogens with two attached hydrogens (primary N) is 1. The highest BCUT2D eigenvalue weighted by Crippen LogP contribution is 2.26. The molecule has 0 bridgehead atoms. The van der Waals surface area contributed by atoms with E-state index in [1.54, 1.807) is 0 Å². The summed E-state index contributed by atoms with van der Waals surface area (Å²) in [5.41, 5.74) is 6.86. The van der Waals surface area contributed by atoms with Crippen LogP contribution in [0.25, 0.3) is 0 Å². The van der Waals surface area contributed by atoms with Gasteiger partial charge >= 0.3 is 0 Å². The van der Waals surface area contributed by atoms with Crippen LogP contribution in [-0.2, 0) is 0 Å². The molecule has 4 heteroatoms. The summed E-state index contributed by atoms with van der Waals surface area (Å²) in [6.45, 7) is 2.46. The molecule has 2 atom stereocenters. The van der Waals surface area contributed by atoms with Crippen LogP contribution >= 0.6 is 31.9 Å². The van der Waals surface area contributed by atoms with E-state index in [2.05, 4.69) is 43.1 Å². The predicted octanol–water partition coefficient (Wildman–Crippen LogP) is 2.82. The van der Waals surface area contributed by atoms with Gasteiger partial charge in [0.1, 0.15) is 0 Å². The molecule has 0 aromatic heterocycles. The Morgan fingerprint density at radius 1 is 1.44 bits per heavy atom. The SMILES string of the molecule is C#CC(C)NC(CN)c1ccc(Br)c(Br)c1. The third-order valence-corrected chi connectivity index (χ3v) is 4.16. The molecule has 0 aliphatic carbocycles. The summed E-state index contributed by atoms with van der Waals surface area (Å²) in [6, 6.07) is 6.15. The van der Waals surface area contributed by atoms with Crippen LogP contribution in [0.4, 0.5) is 0 Å². The Kier molecular flexibility index (Phi) is 5.50. The molecule has 0 fully saturated rings. The molecule has 1 aromatic carbocycles. The number of nitrogens with one attached hydrogen (secondary N) is 1. The number of halogens is 2. The molecule has 0 saturated carbocycles. The van der Waals surface area contributed by atoms with Gasteiger partial charge in [-0.25, -0.2) is 0 Å². The average Bonchev–Trinajstić information content (AvgIpc) is 2.29. The minimum Gasteiger partial charge on any atom is -0.329 e. The van der Waals surface area contributed by atoms with Crippen LogP contribution in [-0.4, -0.2) is 12.6 Å². The molecule has 0 saturated heterocycles. The van der Waals surface area contributed by atoms with E-state index in [1.165, 1.54) is 0 Å². The van der Waals surface area contributed by atoms with Gasteiger partial charge in [-0.1, -0.05) is 12.0 Å². The van der Waals surface area contributed by atoms with E-state index in [0.29, 0.717) is 6.54 Å².